The molecule has 0 N–H and O–H groups in total. The van der Waals surface area contributed by atoms with Crippen LogP contribution in [-0.2, 0) is 0 Å². The second kappa shape index (κ2) is 5.43. The van der Waals surface area contributed by atoms with Crippen LogP contribution in [0, 0.1) is 0 Å². The van der Waals surface area contributed by atoms with Gasteiger partial charge >= 0.3 is 0 Å². The van der Waals surface area contributed by atoms with Crippen molar-refractivity contribution in [1.29, 1.82) is 0 Å². The zero-order chi connectivity index (χ0) is 13.2. The first kappa shape index (κ1) is 12.8. The molecular weight excluding hydrogens is 318 g/mol. The van der Waals surface area contributed by atoms with Gasteiger partial charge in [-0.1, -0.05) is 41.1 Å². The lowest BCUT2D eigenvalue weighted by molar-refractivity contribution is 0.755. The molecule has 1 nitrogen and oxygen atoms in total. The van der Waals surface area contributed by atoms with E-state index in [1.54, 1.807) is 0 Å². The van der Waals surface area contributed by atoms with Crippen molar-refractivity contribution in [3.05, 3.63) is 65.3 Å². The number of nitrogens with zero attached hydrogens (tertiary/aromatic N) is 1. The van der Waals surface area contributed by atoms with Crippen LogP contribution in [0.2, 0.25) is 0 Å². The van der Waals surface area contributed by atoms with Gasteiger partial charge < -0.3 is 0 Å². The summed E-state index contributed by atoms with van der Waals surface area (Å²) >= 11 is 5.69. The van der Waals surface area contributed by atoms with Crippen molar-refractivity contribution in [3.8, 4) is 0 Å². The summed E-state index contributed by atoms with van der Waals surface area (Å²) in [5.74, 6) is 0.418. The minimum Gasteiger partial charge on any atom is -0.265 e. The molecule has 0 saturated carbocycles. The third-order valence-electron chi connectivity index (χ3n) is 3.48. The fourth-order valence-electron chi connectivity index (χ4n) is 2.32. The van der Waals surface area contributed by atoms with E-state index in [0.29, 0.717) is 10.7 Å². The number of halogens is 1. The molecule has 96 valence electrons. The second-order valence-electron chi connectivity index (χ2n) is 4.66. The molecule has 0 aliphatic rings. The minimum atomic E-state index is 0.325. The average molecular weight is 332 g/mol. The largest absolute Gasteiger partial charge is 0.265 e. The number of benzene rings is 1. The van der Waals surface area contributed by atoms with Gasteiger partial charge in [-0.25, -0.2) is 0 Å². The molecule has 2 atom stereocenters. The van der Waals surface area contributed by atoms with Crippen molar-refractivity contribution in [2.24, 2.45) is 0 Å². The summed E-state index contributed by atoms with van der Waals surface area (Å²) in [6.07, 6.45) is 3.72. The van der Waals surface area contributed by atoms with E-state index in [1.165, 1.54) is 21.2 Å². The summed E-state index contributed by atoms with van der Waals surface area (Å²) in [6, 6.07) is 12.8. The highest BCUT2D eigenvalue weighted by atomic mass is 79.9. The highest BCUT2D eigenvalue weighted by Gasteiger charge is 2.20. The van der Waals surface area contributed by atoms with Crippen LogP contribution in [0.15, 0.2) is 54.2 Å². The van der Waals surface area contributed by atoms with Gasteiger partial charge in [-0.3, -0.25) is 4.98 Å². The number of pyridine rings is 1. The Morgan fingerprint density at radius 2 is 1.84 bits per heavy atom. The quantitative estimate of drug-likeness (QED) is 0.574. The third-order valence-corrected chi connectivity index (χ3v) is 5.75. The zero-order valence-electron chi connectivity index (χ0n) is 10.6. The summed E-state index contributed by atoms with van der Waals surface area (Å²) in [4.78, 5) is 4.41. The monoisotopic (exact) mass is 331 g/mol. The van der Waals surface area contributed by atoms with Gasteiger partial charge in [0.05, 0.1) is 0 Å². The van der Waals surface area contributed by atoms with E-state index in [0.717, 1.165) is 0 Å². The maximum atomic E-state index is 4.09. The summed E-state index contributed by atoms with van der Waals surface area (Å²) in [5, 5.41) is 3.62. The van der Waals surface area contributed by atoms with Gasteiger partial charge in [-0.15, -0.1) is 11.3 Å². The predicted octanol–water partition coefficient (Wildman–Crippen LogP) is 5.54. The minimum absolute atomic E-state index is 0.325. The van der Waals surface area contributed by atoms with Crippen LogP contribution in [0.25, 0.3) is 10.1 Å². The molecule has 0 radical (unpaired) electrons. The van der Waals surface area contributed by atoms with Crippen LogP contribution in [0.4, 0.5) is 0 Å². The SMILES string of the molecule is CC(c1ccncc1)C(Br)c1csc2ccccc12. The number of aromatic nitrogens is 1. The molecule has 2 unspecified atom stereocenters. The van der Waals surface area contributed by atoms with Gasteiger partial charge in [0, 0.05) is 21.9 Å². The van der Waals surface area contributed by atoms with Gasteiger partial charge in [0.2, 0.25) is 0 Å². The van der Waals surface area contributed by atoms with Crippen LogP contribution >= 0.6 is 27.3 Å². The second-order valence-corrected chi connectivity index (χ2v) is 6.56. The van der Waals surface area contributed by atoms with Gasteiger partial charge in [0.1, 0.15) is 0 Å². The Bertz CT molecular complexity index is 677. The molecule has 3 rings (SSSR count). The molecule has 19 heavy (non-hydrogen) atoms. The Morgan fingerprint density at radius 1 is 1.11 bits per heavy atom. The normalized spacial score (nSPS) is 14.4. The van der Waals surface area contributed by atoms with Gasteiger partial charge in [0.25, 0.3) is 0 Å². The summed E-state index contributed by atoms with van der Waals surface area (Å²) in [5.41, 5.74) is 2.69. The molecule has 0 amide bonds. The summed E-state index contributed by atoms with van der Waals surface area (Å²) in [6.45, 7) is 2.25. The van der Waals surface area contributed by atoms with Crippen LogP contribution < -0.4 is 0 Å². The Morgan fingerprint density at radius 3 is 2.63 bits per heavy atom. The van der Waals surface area contributed by atoms with Crippen molar-refractivity contribution >= 4 is 37.4 Å². The smallest absolute Gasteiger partial charge is 0.0475 e. The van der Waals surface area contributed by atoms with Crippen LogP contribution in [0.5, 0.6) is 0 Å². The van der Waals surface area contributed by atoms with E-state index < -0.39 is 0 Å². The van der Waals surface area contributed by atoms with E-state index in [-0.39, 0.29) is 0 Å². The van der Waals surface area contributed by atoms with E-state index in [9.17, 15) is 0 Å². The Kier molecular flexibility index (Phi) is 3.67. The van der Waals surface area contributed by atoms with Gasteiger partial charge in [0.15, 0.2) is 0 Å². The number of hydrogen-bond donors (Lipinski definition) is 0. The van der Waals surface area contributed by atoms with Gasteiger partial charge in [-0.05, 0) is 46.0 Å². The topological polar surface area (TPSA) is 12.9 Å². The number of alkyl halides is 1. The van der Waals surface area contributed by atoms with Crippen LogP contribution in [-0.4, -0.2) is 4.98 Å². The lowest BCUT2D eigenvalue weighted by Crippen LogP contribution is -2.01. The molecular formula is C16H14BrNS. The number of hydrogen-bond acceptors (Lipinski definition) is 2. The third kappa shape index (κ3) is 2.45. The molecule has 0 aliphatic heterocycles. The van der Waals surface area contributed by atoms with E-state index in [4.69, 9.17) is 0 Å². The average Bonchev–Trinajstić information content (AvgIpc) is 2.90. The molecule has 0 spiro atoms. The maximum absolute atomic E-state index is 4.09. The van der Waals surface area contributed by atoms with Crippen LogP contribution in [0.3, 0.4) is 0 Å². The Hall–Kier alpha value is -1.19. The fraction of sp³-hybridized carbons (Fsp3) is 0.188. The Labute approximate surface area is 125 Å². The first-order chi connectivity index (χ1) is 9.27. The van der Waals surface area contributed by atoms with Crippen molar-refractivity contribution < 1.29 is 0 Å². The lowest BCUT2D eigenvalue weighted by atomic mass is 9.94. The standard InChI is InChI=1S/C16H14BrNS/c1-11(12-6-8-18-9-7-12)16(17)14-10-19-15-5-3-2-4-13(14)15/h2-11,16H,1H3. The van der Waals surface area contributed by atoms with E-state index in [2.05, 4.69) is 69.6 Å². The zero-order valence-corrected chi connectivity index (χ0v) is 13.0. The first-order valence-electron chi connectivity index (χ1n) is 6.27. The molecule has 0 saturated heterocycles. The number of thiophene rings is 1. The number of rotatable bonds is 3. The van der Waals surface area contributed by atoms with Crippen molar-refractivity contribution in [2.45, 2.75) is 17.7 Å². The molecule has 2 aromatic heterocycles. The van der Waals surface area contributed by atoms with E-state index >= 15 is 0 Å². The van der Waals surface area contributed by atoms with Crippen LogP contribution in [0.1, 0.15) is 28.8 Å². The molecule has 3 aromatic rings. The molecule has 0 aliphatic carbocycles. The summed E-state index contributed by atoms with van der Waals surface area (Å²) in [7, 11) is 0. The highest BCUT2D eigenvalue weighted by molar-refractivity contribution is 9.09. The molecule has 2 heterocycles. The van der Waals surface area contributed by atoms with Gasteiger partial charge in [-0.2, -0.15) is 0 Å². The van der Waals surface area contributed by atoms with Crippen molar-refractivity contribution in [1.82, 2.24) is 4.98 Å². The van der Waals surface area contributed by atoms with E-state index in [1.807, 2.05) is 23.7 Å². The first-order valence-corrected chi connectivity index (χ1v) is 8.07. The predicted molar refractivity (Wildman–Crippen MR) is 86.1 cm³/mol. The van der Waals surface area contributed by atoms with Crippen molar-refractivity contribution in [2.75, 3.05) is 0 Å². The highest BCUT2D eigenvalue weighted by Crippen LogP contribution is 2.42. The van der Waals surface area contributed by atoms with Crippen molar-refractivity contribution in [3.63, 3.8) is 0 Å². The molecule has 1 aromatic carbocycles. The molecule has 0 bridgehead atoms. The lowest BCUT2D eigenvalue weighted by Gasteiger charge is -2.18. The molecule has 3 heteroatoms. The fourth-order valence-corrected chi connectivity index (χ4v) is 4.17. The summed E-state index contributed by atoms with van der Waals surface area (Å²) < 4.78 is 1.35. The maximum Gasteiger partial charge on any atom is 0.0475 e. The number of fused-ring (bicyclic) bond motifs is 1. The Balaban J connectivity index is 1.98. The molecule has 0 fully saturated rings.